The summed E-state index contributed by atoms with van der Waals surface area (Å²) in [4.78, 5) is 23.4. The first kappa shape index (κ1) is 35.0. The Labute approximate surface area is 273 Å². The second-order valence-corrected chi connectivity index (χ2v) is 13.4. The van der Waals surface area contributed by atoms with Gasteiger partial charge in [-0.3, -0.25) is 9.36 Å². The van der Waals surface area contributed by atoms with Crippen molar-refractivity contribution in [3.05, 3.63) is 132 Å². The summed E-state index contributed by atoms with van der Waals surface area (Å²) in [6.07, 6.45) is 6.17. The molecule has 0 bridgehead atoms. The standard InChI is InChI=1S/C38H46NO6P/c40-38(22-13-2-1-6-15-32-16-7-3-8-17-32)39-35(31-45-46(41,42)28-14-27-43-36-20-11-5-12-21-36)29-33-23-25-37(26-24-33)44-30-34-18-9-4-10-19-34/h3-5,7-12,16-21,23-26,35H,1-2,6,13-15,22,27-31H2,(H,39,40)(H,41,42)/t35-/m1/s1. The largest absolute Gasteiger partial charge is 0.494 e. The van der Waals surface area contributed by atoms with Crippen molar-refractivity contribution in [1.82, 2.24) is 5.32 Å². The zero-order valence-corrected chi connectivity index (χ0v) is 27.4. The maximum Gasteiger partial charge on any atom is 0.328 e. The molecule has 0 spiro atoms. The number of hydrogen-bond acceptors (Lipinski definition) is 5. The second kappa shape index (κ2) is 19.6. The summed E-state index contributed by atoms with van der Waals surface area (Å²) in [6, 6.07) is 37.0. The first-order valence-electron chi connectivity index (χ1n) is 16.2. The molecule has 0 saturated carbocycles. The van der Waals surface area contributed by atoms with Gasteiger partial charge in [-0.15, -0.1) is 0 Å². The Morgan fingerprint density at radius 1 is 0.674 bits per heavy atom. The van der Waals surface area contributed by atoms with Crippen molar-refractivity contribution in [2.24, 2.45) is 0 Å². The maximum absolute atomic E-state index is 12.9. The van der Waals surface area contributed by atoms with Crippen LogP contribution in [0.3, 0.4) is 0 Å². The van der Waals surface area contributed by atoms with E-state index in [1.807, 2.05) is 91.0 Å². The van der Waals surface area contributed by atoms with Gasteiger partial charge in [0.25, 0.3) is 0 Å². The monoisotopic (exact) mass is 643 g/mol. The van der Waals surface area contributed by atoms with Crippen LogP contribution in [0.15, 0.2) is 115 Å². The molecule has 0 saturated heterocycles. The maximum atomic E-state index is 12.9. The third kappa shape index (κ3) is 14.0. The highest BCUT2D eigenvalue weighted by Gasteiger charge is 2.23. The molecule has 0 heterocycles. The first-order valence-corrected chi connectivity index (χ1v) is 17.9. The highest BCUT2D eigenvalue weighted by Crippen LogP contribution is 2.42. The van der Waals surface area contributed by atoms with Crippen LogP contribution in [0.4, 0.5) is 0 Å². The predicted molar refractivity (Wildman–Crippen MR) is 183 cm³/mol. The molecule has 0 fully saturated rings. The van der Waals surface area contributed by atoms with Crippen molar-refractivity contribution in [3.63, 3.8) is 0 Å². The molecule has 46 heavy (non-hydrogen) atoms. The Hall–Kier alpha value is -3.90. The minimum Gasteiger partial charge on any atom is -0.494 e. The Morgan fingerprint density at radius 3 is 1.98 bits per heavy atom. The lowest BCUT2D eigenvalue weighted by Crippen LogP contribution is -2.39. The average molecular weight is 644 g/mol. The SMILES string of the molecule is O=C(CCCCCCc1ccccc1)N[C@@H](COP(=O)(O)CCCOc1ccccc1)Cc1ccc(OCc2ccccc2)cc1. The number of benzene rings is 4. The normalized spacial score (nSPS) is 13.0. The van der Waals surface area contributed by atoms with Crippen LogP contribution < -0.4 is 14.8 Å². The number of para-hydroxylation sites is 1. The molecule has 4 rings (SSSR count). The van der Waals surface area contributed by atoms with Gasteiger partial charge in [-0.25, -0.2) is 0 Å². The van der Waals surface area contributed by atoms with E-state index in [2.05, 4.69) is 29.6 Å². The number of carbonyl (C=O) groups excluding carboxylic acids is 1. The fourth-order valence-corrected chi connectivity index (χ4v) is 6.12. The molecule has 4 aromatic carbocycles. The van der Waals surface area contributed by atoms with Crippen LogP contribution in [-0.2, 0) is 33.3 Å². The van der Waals surface area contributed by atoms with E-state index in [9.17, 15) is 14.3 Å². The van der Waals surface area contributed by atoms with Crippen LogP contribution in [0.2, 0.25) is 0 Å². The number of hydrogen-bond donors (Lipinski definition) is 2. The number of nitrogens with one attached hydrogen (secondary N) is 1. The van der Waals surface area contributed by atoms with E-state index in [0.717, 1.165) is 49.0 Å². The summed E-state index contributed by atoms with van der Waals surface area (Å²) in [5, 5.41) is 3.05. The number of aryl methyl sites for hydroxylation is 1. The Balaban J connectivity index is 1.24. The smallest absolute Gasteiger partial charge is 0.328 e. The molecular weight excluding hydrogens is 597 g/mol. The van der Waals surface area contributed by atoms with Gasteiger partial charge < -0.3 is 24.2 Å². The Kier molecular flexibility index (Phi) is 14.9. The van der Waals surface area contributed by atoms with Crippen molar-refractivity contribution in [1.29, 1.82) is 0 Å². The van der Waals surface area contributed by atoms with Crippen molar-refractivity contribution in [3.8, 4) is 11.5 Å². The summed E-state index contributed by atoms with van der Waals surface area (Å²) in [5.41, 5.74) is 3.39. The molecule has 7 nitrogen and oxygen atoms in total. The molecule has 2 N–H and O–H groups in total. The molecule has 244 valence electrons. The minimum atomic E-state index is -3.87. The van der Waals surface area contributed by atoms with Gasteiger partial charge >= 0.3 is 7.60 Å². The molecule has 8 heteroatoms. The van der Waals surface area contributed by atoms with Crippen molar-refractivity contribution < 1.29 is 28.3 Å². The van der Waals surface area contributed by atoms with Crippen LogP contribution in [0.1, 0.15) is 55.2 Å². The van der Waals surface area contributed by atoms with E-state index >= 15 is 0 Å². The van der Waals surface area contributed by atoms with Crippen LogP contribution >= 0.6 is 7.60 Å². The topological polar surface area (TPSA) is 94.1 Å². The Morgan fingerprint density at radius 2 is 1.28 bits per heavy atom. The number of carbonyl (C=O) groups is 1. The molecular formula is C38H46NO6P. The fourth-order valence-electron chi connectivity index (χ4n) is 5.05. The summed E-state index contributed by atoms with van der Waals surface area (Å²) in [5.74, 6) is 1.38. The zero-order valence-electron chi connectivity index (χ0n) is 26.5. The molecule has 2 atom stereocenters. The molecule has 0 aliphatic heterocycles. The van der Waals surface area contributed by atoms with Gasteiger partial charge in [0, 0.05) is 6.42 Å². The molecule has 1 amide bonds. The van der Waals surface area contributed by atoms with E-state index in [4.69, 9.17) is 14.0 Å². The fraction of sp³-hybridized carbons (Fsp3) is 0.342. The van der Waals surface area contributed by atoms with Gasteiger partial charge in [0.2, 0.25) is 5.91 Å². The molecule has 0 aliphatic carbocycles. The quantitative estimate of drug-likeness (QED) is 0.0703. The van der Waals surface area contributed by atoms with Gasteiger partial charge in [-0.1, -0.05) is 104 Å². The van der Waals surface area contributed by atoms with E-state index in [1.165, 1.54) is 5.56 Å². The van der Waals surface area contributed by atoms with Gasteiger partial charge in [0.15, 0.2) is 0 Å². The predicted octanol–water partition coefficient (Wildman–Crippen LogP) is 8.16. The van der Waals surface area contributed by atoms with E-state index in [-0.39, 0.29) is 18.7 Å². The van der Waals surface area contributed by atoms with Gasteiger partial charge in [-0.2, -0.15) is 0 Å². The average Bonchev–Trinajstić information content (AvgIpc) is 3.08. The van der Waals surface area contributed by atoms with E-state index in [1.54, 1.807) is 0 Å². The lowest BCUT2D eigenvalue weighted by Gasteiger charge is -2.21. The van der Waals surface area contributed by atoms with Gasteiger partial charge in [-0.05, 0) is 73.1 Å². The molecule has 4 aromatic rings. The van der Waals surface area contributed by atoms with Crippen LogP contribution in [0, 0.1) is 0 Å². The van der Waals surface area contributed by atoms with Crippen molar-refractivity contribution in [2.75, 3.05) is 19.4 Å². The van der Waals surface area contributed by atoms with Gasteiger partial charge in [0.05, 0.1) is 25.4 Å². The zero-order chi connectivity index (χ0) is 32.3. The number of rotatable bonds is 21. The summed E-state index contributed by atoms with van der Waals surface area (Å²) < 4.78 is 29.9. The summed E-state index contributed by atoms with van der Waals surface area (Å²) in [6.45, 7) is 0.714. The third-order valence-electron chi connectivity index (χ3n) is 7.56. The Bertz CT molecular complexity index is 1450. The van der Waals surface area contributed by atoms with E-state index < -0.39 is 13.6 Å². The number of amides is 1. The number of ether oxygens (including phenoxy) is 2. The highest BCUT2D eigenvalue weighted by atomic mass is 31.2. The van der Waals surface area contributed by atoms with Crippen molar-refractivity contribution in [2.45, 2.75) is 64.0 Å². The molecule has 0 aromatic heterocycles. The molecule has 0 radical (unpaired) electrons. The minimum absolute atomic E-state index is 0.0308. The highest BCUT2D eigenvalue weighted by molar-refractivity contribution is 7.52. The molecule has 1 unspecified atom stereocenters. The number of unbranched alkanes of at least 4 members (excludes halogenated alkanes) is 3. The summed E-state index contributed by atoms with van der Waals surface area (Å²) >= 11 is 0. The van der Waals surface area contributed by atoms with Crippen molar-refractivity contribution >= 4 is 13.5 Å². The van der Waals surface area contributed by atoms with Crippen LogP contribution in [-0.4, -0.2) is 36.2 Å². The van der Waals surface area contributed by atoms with E-state index in [0.29, 0.717) is 38.2 Å². The second-order valence-electron chi connectivity index (χ2n) is 11.5. The first-order chi connectivity index (χ1) is 22.4. The summed E-state index contributed by atoms with van der Waals surface area (Å²) in [7, 11) is -3.87. The van der Waals surface area contributed by atoms with Crippen LogP contribution in [0.25, 0.3) is 0 Å². The van der Waals surface area contributed by atoms with Gasteiger partial charge in [0.1, 0.15) is 18.1 Å². The molecule has 0 aliphatic rings. The third-order valence-corrected chi connectivity index (χ3v) is 8.99. The van der Waals surface area contributed by atoms with Crippen LogP contribution in [0.5, 0.6) is 11.5 Å². The lowest BCUT2D eigenvalue weighted by atomic mass is 10.0. The lowest BCUT2D eigenvalue weighted by molar-refractivity contribution is -0.122.